The summed E-state index contributed by atoms with van der Waals surface area (Å²) in [5, 5.41) is 17.8. The number of aliphatic carboxylic acids is 1. The highest BCUT2D eigenvalue weighted by Gasteiger charge is 2.07. The van der Waals surface area contributed by atoms with E-state index in [4.69, 9.17) is 5.11 Å². The summed E-state index contributed by atoms with van der Waals surface area (Å²) in [5.74, 6) is -0.747. The van der Waals surface area contributed by atoms with E-state index in [-0.39, 0.29) is 6.42 Å². The Morgan fingerprint density at radius 3 is 2.85 bits per heavy atom. The number of nitrogens with zero attached hydrogens (tertiary/aromatic N) is 4. The van der Waals surface area contributed by atoms with Gasteiger partial charge in [0.1, 0.15) is 5.01 Å². The lowest BCUT2D eigenvalue weighted by Crippen LogP contribution is -1.99. The first-order valence-electron chi connectivity index (χ1n) is 6.58. The number of aromatic nitrogens is 4. The van der Waals surface area contributed by atoms with E-state index < -0.39 is 5.97 Å². The molecule has 2 rings (SSSR count). The quantitative estimate of drug-likeness (QED) is 0.792. The van der Waals surface area contributed by atoms with Gasteiger partial charge in [0.25, 0.3) is 0 Å². The van der Waals surface area contributed by atoms with Crippen molar-refractivity contribution < 1.29 is 9.90 Å². The number of hydrogen-bond donors (Lipinski definition) is 1. The van der Waals surface area contributed by atoms with Gasteiger partial charge in [0.2, 0.25) is 0 Å². The summed E-state index contributed by atoms with van der Waals surface area (Å²) in [6.45, 7) is 4.71. The zero-order chi connectivity index (χ0) is 14.5. The molecule has 2 heterocycles. The number of hydrogen-bond acceptors (Lipinski definition) is 5. The fourth-order valence-electron chi connectivity index (χ4n) is 1.86. The average molecular weight is 294 g/mol. The summed E-state index contributed by atoms with van der Waals surface area (Å²) in [5.41, 5.74) is 1.97. The monoisotopic (exact) mass is 294 g/mol. The van der Waals surface area contributed by atoms with Crippen LogP contribution in [0.2, 0.25) is 0 Å². The van der Waals surface area contributed by atoms with Crippen LogP contribution in [-0.4, -0.2) is 31.1 Å². The van der Waals surface area contributed by atoms with Gasteiger partial charge in [0, 0.05) is 17.5 Å². The lowest BCUT2D eigenvalue weighted by atomic mass is 10.1. The number of carboxylic acid groups (broad SMARTS) is 1. The topological polar surface area (TPSA) is 80.9 Å². The highest BCUT2D eigenvalue weighted by molar-refractivity contribution is 7.11. The molecule has 0 radical (unpaired) electrons. The molecular formula is C13H18N4O2S. The van der Waals surface area contributed by atoms with Crippen LogP contribution in [0.15, 0.2) is 6.20 Å². The number of unbranched alkanes of at least 4 members (excludes halogenated alkanes) is 1. The SMILES string of the molecule is Cc1nc(Cn2cc(CCCCC(=O)O)nn2)sc1C. The van der Waals surface area contributed by atoms with Crippen molar-refractivity contribution >= 4 is 17.3 Å². The van der Waals surface area contributed by atoms with Crippen LogP contribution in [0.5, 0.6) is 0 Å². The molecule has 0 aliphatic rings. The van der Waals surface area contributed by atoms with Crippen molar-refractivity contribution in [2.75, 3.05) is 0 Å². The largest absolute Gasteiger partial charge is 0.481 e. The Bertz CT molecular complexity index is 571. The second-order valence-electron chi connectivity index (χ2n) is 4.76. The Morgan fingerprint density at radius 1 is 1.40 bits per heavy atom. The Balaban J connectivity index is 1.84. The Kier molecular flexibility index (Phi) is 4.84. The molecule has 0 unspecified atom stereocenters. The molecule has 0 aliphatic heterocycles. The van der Waals surface area contributed by atoms with E-state index in [1.807, 2.05) is 13.1 Å². The van der Waals surface area contributed by atoms with Gasteiger partial charge in [-0.3, -0.25) is 4.79 Å². The molecule has 7 heteroatoms. The van der Waals surface area contributed by atoms with E-state index >= 15 is 0 Å². The van der Waals surface area contributed by atoms with Crippen molar-refractivity contribution in [3.63, 3.8) is 0 Å². The highest BCUT2D eigenvalue weighted by atomic mass is 32.1. The van der Waals surface area contributed by atoms with Crippen molar-refractivity contribution in [2.24, 2.45) is 0 Å². The van der Waals surface area contributed by atoms with Gasteiger partial charge in [0.05, 0.1) is 17.9 Å². The smallest absolute Gasteiger partial charge is 0.303 e. The maximum absolute atomic E-state index is 10.4. The third-order valence-electron chi connectivity index (χ3n) is 3.03. The molecule has 0 aliphatic carbocycles. The lowest BCUT2D eigenvalue weighted by molar-refractivity contribution is -0.137. The third-order valence-corrected chi connectivity index (χ3v) is 4.09. The Labute approximate surface area is 121 Å². The van der Waals surface area contributed by atoms with Gasteiger partial charge in [-0.15, -0.1) is 16.4 Å². The van der Waals surface area contributed by atoms with Crippen LogP contribution in [-0.2, 0) is 17.8 Å². The summed E-state index contributed by atoms with van der Waals surface area (Å²) in [6.07, 6.45) is 4.38. The number of aryl methyl sites for hydroxylation is 3. The minimum absolute atomic E-state index is 0.214. The fourth-order valence-corrected chi connectivity index (χ4v) is 2.78. The van der Waals surface area contributed by atoms with Gasteiger partial charge in [-0.1, -0.05) is 5.21 Å². The zero-order valence-electron chi connectivity index (χ0n) is 11.7. The van der Waals surface area contributed by atoms with Crippen molar-refractivity contribution in [3.8, 4) is 0 Å². The second-order valence-corrected chi connectivity index (χ2v) is 6.05. The molecule has 6 nitrogen and oxygen atoms in total. The normalized spacial score (nSPS) is 10.9. The first-order valence-corrected chi connectivity index (χ1v) is 7.40. The molecule has 0 aromatic carbocycles. The zero-order valence-corrected chi connectivity index (χ0v) is 12.5. The summed E-state index contributed by atoms with van der Waals surface area (Å²) < 4.78 is 1.78. The molecule has 20 heavy (non-hydrogen) atoms. The van der Waals surface area contributed by atoms with Crippen LogP contribution in [0.1, 0.15) is 40.5 Å². The van der Waals surface area contributed by atoms with E-state index in [1.165, 1.54) is 4.88 Å². The van der Waals surface area contributed by atoms with Crippen LogP contribution >= 0.6 is 11.3 Å². The number of rotatable bonds is 7. The summed E-state index contributed by atoms with van der Waals surface area (Å²) in [6, 6.07) is 0. The minimum Gasteiger partial charge on any atom is -0.481 e. The first-order chi connectivity index (χ1) is 9.54. The Hall–Kier alpha value is -1.76. The van der Waals surface area contributed by atoms with E-state index in [0.717, 1.165) is 29.2 Å². The van der Waals surface area contributed by atoms with Crippen molar-refractivity contribution in [1.29, 1.82) is 0 Å². The molecule has 0 saturated heterocycles. The lowest BCUT2D eigenvalue weighted by Gasteiger charge is -1.95. The number of carboxylic acids is 1. The molecule has 0 bridgehead atoms. The standard InChI is InChI=1S/C13H18N4O2S/c1-9-10(2)20-12(14-9)8-17-7-11(15-16-17)5-3-4-6-13(18)19/h7H,3-6,8H2,1-2H3,(H,18,19). The summed E-state index contributed by atoms with van der Waals surface area (Å²) in [7, 11) is 0. The predicted molar refractivity (Wildman–Crippen MR) is 75.9 cm³/mol. The van der Waals surface area contributed by atoms with Crippen LogP contribution in [0, 0.1) is 13.8 Å². The molecule has 1 N–H and O–H groups in total. The third kappa shape index (κ3) is 4.12. The molecule has 0 saturated carbocycles. The van der Waals surface area contributed by atoms with Gasteiger partial charge >= 0.3 is 5.97 Å². The first kappa shape index (κ1) is 14.6. The Morgan fingerprint density at radius 2 is 2.20 bits per heavy atom. The molecule has 0 spiro atoms. The number of thiazole rings is 1. The average Bonchev–Trinajstić information content (AvgIpc) is 2.93. The van der Waals surface area contributed by atoms with Crippen LogP contribution in [0.25, 0.3) is 0 Å². The minimum atomic E-state index is -0.747. The number of carbonyl (C=O) groups is 1. The van der Waals surface area contributed by atoms with Crippen LogP contribution in [0.4, 0.5) is 0 Å². The molecule has 0 atom stereocenters. The second kappa shape index (κ2) is 6.60. The molecule has 0 amide bonds. The molecule has 108 valence electrons. The van der Waals surface area contributed by atoms with Crippen molar-refractivity contribution in [3.05, 3.63) is 27.5 Å². The van der Waals surface area contributed by atoms with Gasteiger partial charge in [-0.2, -0.15) is 0 Å². The maximum atomic E-state index is 10.4. The van der Waals surface area contributed by atoms with Crippen LogP contribution in [0.3, 0.4) is 0 Å². The van der Waals surface area contributed by atoms with Gasteiger partial charge < -0.3 is 5.11 Å². The van der Waals surface area contributed by atoms with Crippen LogP contribution < -0.4 is 0 Å². The van der Waals surface area contributed by atoms with Gasteiger partial charge in [0.15, 0.2) is 0 Å². The van der Waals surface area contributed by atoms with Gasteiger partial charge in [-0.25, -0.2) is 9.67 Å². The van der Waals surface area contributed by atoms with E-state index in [1.54, 1.807) is 16.0 Å². The molecule has 2 aromatic rings. The van der Waals surface area contributed by atoms with Crippen molar-refractivity contribution in [1.82, 2.24) is 20.0 Å². The highest BCUT2D eigenvalue weighted by Crippen LogP contribution is 2.17. The molecule has 0 fully saturated rings. The van der Waals surface area contributed by atoms with E-state index in [9.17, 15) is 4.79 Å². The maximum Gasteiger partial charge on any atom is 0.303 e. The van der Waals surface area contributed by atoms with E-state index in [0.29, 0.717) is 13.0 Å². The fraction of sp³-hybridized carbons (Fsp3) is 0.538. The summed E-state index contributed by atoms with van der Waals surface area (Å²) in [4.78, 5) is 16.1. The molecule has 2 aromatic heterocycles. The van der Waals surface area contributed by atoms with Gasteiger partial charge in [-0.05, 0) is 33.1 Å². The predicted octanol–water partition coefficient (Wildman–Crippen LogP) is 2.20. The summed E-state index contributed by atoms with van der Waals surface area (Å²) >= 11 is 1.68. The molecular weight excluding hydrogens is 276 g/mol. The van der Waals surface area contributed by atoms with Crippen molar-refractivity contribution in [2.45, 2.75) is 46.1 Å². The van der Waals surface area contributed by atoms with E-state index in [2.05, 4.69) is 22.2 Å².